The van der Waals surface area contributed by atoms with Crippen molar-refractivity contribution in [3.63, 3.8) is 0 Å². The summed E-state index contributed by atoms with van der Waals surface area (Å²) in [5.74, 6) is 1.47. The van der Waals surface area contributed by atoms with E-state index in [2.05, 4.69) is 38.7 Å². The molecule has 2 aliphatic heterocycles. The number of nitrogens with one attached hydrogen (secondary N) is 2. The van der Waals surface area contributed by atoms with Crippen LogP contribution in [0, 0.1) is 6.92 Å². The van der Waals surface area contributed by atoms with Gasteiger partial charge in [-0.1, -0.05) is 84.9 Å². The molecule has 0 aliphatic carbocycles. The Hall–Kier alpha value is -4.69. The lowest BCUT2D eigenvalue weighted by atomic mass is 9.94. The molecule has 3 atom stereocenters. The number of methoxy groups -OCH3 is 1. The topological polar surface area (TPSA) is 83.8 Å². The molecular formula is C33H34N6O2. The number of aromatic nitrogens is 2. The third-order valence-corrected chi connectivity index (χ3v) is 7.90. The predicted octanol–water partition coefficient (Wildman–Crippen LogP) is 5.77. The number of amides is 2. The van der Waals surface area contributed by atoms with Crippen LogP contribution in [-0.2, 0) is 4.74 Å². The summed E-state index contributed by atoms with van der Waals surface area (Å²) < 4.78 is 7.42. The Bertz CT molecular complexity index is 1550. The van der Waals surface area contributed by atoms with E-state index in [-0.39, 0.29) is 24.0 Å². The monoisotopic (exact) mass is 546 g/mol. The van der Waals surface area contributed by atoms with E-state index in [9.17, 15) is 4.79 Å². The number of para-hydroxylation sites is 1. The minimum Gasteiger partial charge on any atom is -0.483 e. The van der Waals surface area contributed by atoms with Gasteiger partial charge in [0.15, 0.2) is 0 Å². The molecule has 8 heteroatoms. The summed E-state index contributed by atoms with van der Waals surface area (Å²) in [4.78, 5) is 20.5. The van der Waals surface area contributed by atoms with Crippen LogP contribution in [0.4, 0.5) is 10.6 Å². The van der Waals surface area contributed by atoms with Crippen molar-refractivity contribution in [2.75, 3.05) is 25.5 Å². The van der Waals surface area contributed by atoms with Crippen LogP contribution < -0.4 is 10.6 Å². The van der Waals surface area contributed by atoms with Gasteiger partial charge >= 0.3 is 6.03 Å². The molecule has 2 aliphatic rings. The van der Waals surface area contributed by atoms with Crippen LogP contribution in [0.1, 0.15) is 23.5 Å². The summed E-state index contributed by atoms with van der Waals surface area (Å²) in [6, 6.07) is 30.0. The maximum Gasteiger partial charge on any atom is 0.320 e. The number of rotatable bonds is 6. The first-order chi connectivity index (χ1) is 20.1. The molecule has 6 rings (SSSR count). The molecule has 4 aromatic rings. The zero-order valence-corrected chi connectivity index (χ0v) is 23.3. The van der Waals surface area contributed by atoms with Gasteiger partial charge in [0.1, 0.15) is 5.82 Å². The lowest BCUT2D eigenvalue weighted by Crippen LogP contribution is -2.45. The van der Waals surface area contributed by atoms with Gasteiger partial charge in [-0.3, -0.25) is 10.2 Å². The van der Waals surface area contributed by atoms with Crippen molar-refractivity contribution in [1.29, 1.82) is 0 Å². The summed E-state index contributed by atoms with van der Waals surface area (Å²) in [5.41, 5.74) is 4.79. The molecule has 0 radical (unpaired) electrons. The van der Waals surface area contributed by atoms with Gasteiger partial charge in [-0.2, -0.15) is 5.10 Å². The summed E-state index contributed by atoms with van der Waals surface area (Å²) in [5, 5.41) is 11.4. The maximum absolute atomic E-state index is 13.7. The van der Waals surface area contributed by atoms with Gasteiger partial charge in [-0.15, -0.1) is 0 Å². The Morgan fingerprint density at radius 3 is 2.32 bits per heavy atom. The van der Waals surface area contributed by atoms with Crippen LogP contribution >= 0.6 is 0 Å². The van der Waals surface area contributed by atoms with E-state index in [1.807, 2.05) is 90.5 Å². The number of aliphatic imine (C=N–C) groups is 1. The first kappa shape index (κ1) is 26.5. The smallest absolute Gasteiger partial charge is 0.320 e. The van der Waals surface area contributed by atoms with Crippen LogP contribution in [-0.4, -0.2) is 58.9 Å². The van der Waals surface area contributed by atoms with Gasteiger partial charge < -0.3 is 10.1 Å². The SMILES string of the molecule is COC1=NC=CCC1N1C[C@@H](NC(=O)Nc2c(C)c(-c3ccccc3)nn2-c2ccccc2)[C@H](c2ccccc2)C1. The molecule has 1 saturated heterocycles. The second kappa shape index (κ2) is 11.8. The van der Waals surface area contributed by atoms with Gasteiger partial charge in [0.2, 0.25) is 5.90 Å². The van der Waals surface area contributed by atoms with E-state index in [0.717, 1.165) is 35.5 Å². The van der Waals surface area contributed by atoms with Crippen LogP contribution in [0.25, 0.3) is 16.9 Å². The number of hydrogen-bond donors (Lipinski definition) is 2. The predicted molar refractivity (Wildman–Crippen MR) is 162 cm³/mol. The fourth-order valence-electron chi connectivity index (χ4n) is 5.85. The largest absolute Gasteiger partial charge is 0.483 e. The second-order valence-corrected chi connectivity index (χ2v) is 10.4. The molecule has 208 valence electrons. The van der Waals surface area contributed by atoms with Gasteiger partial charge in [0, 0.05) is 36.3 Å². The van der Waals surface area contributed by atoms with E-state index in [4.69, 9.17) is 9.84 Å². The Labute approximate surface area is 240 Å². The van der Waals surface area contributed by atoms with Crippen LogP contribution in [0.15, 0.2) is 108 Å². The Morgan fingerprint density at radius 2 is 1.61 bits per heavy atom. The molecule has 2 N–H and O–H groups in total. The van der Waals surface area contributed by atoms with Gasteiger partial charge in [-0.05, 0) is 31.0 Å². The minimum atomic E-state index is -0.262. The lowest BCUT2D eigenvalue weighted by molar-refractivity contribution is 0.239. The summed E-state index contributed by atoms with van der Waals surface area (Å²) >= 11 is 0. The van der Waals surface area contributed by atoms with Crippen molar-refractivity contribution in [3.8, 4) is 16.9 Å². The molecule has 8 nitrogen and oxygen atoms in total. The molecule has 3 heterocycles. The number of carbonyl (C=O) groups excluding carboxylic acids is 1. The Balaban J connectivity index is 1.28. The third-order valence-electron chi connectivity index (χ3n) is 7.90. The maximum atomic E-state index is 13.7. The minimum absolute atomic E-state index is 0.0428. The average Bonchev–Trinajstić information content (AvgIpc) is 3.59. The number of anilines is 1. The molecule has 0 bridgehead atoms. The highest BCUT2D eigenvalue weighted by atomic mass is 16.5. The molecular weight excluding hydrogens is 512 g/mol. The molecule has 0 saturated carbocycles. The molecule has 1 fully saturated rings. The van der Waals surface area contributed by atoms with Crippen LogP contribution in [0.3, 0.4) is 0 Å². The highest BCUT2D eigenvalue weighted by Crippen LogP contribution is 2.33. The summed E-state index contributed by atoms with van der Waals surface area (Å²) in [6.07, 6.45) is 4.69. The van der Waals surface area contributed by atoms with Crippen molar-refractivity contribution >= 4 is 17.7 Å². The standard InChI is InChI=1S/C33H34N6O2/c1-23-30(25-15-8-4-9-16-25)37-39(26-17-10-5-11-18-26)31(23)36-33(40)35-28-22-38(29-19-12-20-34-32(29)41-2)21-27(28)24-13-6-3-7-14-24/h3-18,20,27-29H,19,21-22H2,1-2H3,(H2,35,36,40)/t27-,28+,29?/m0/s1. The number of carbonyl (C=O) groups is 1. The van der Waals surface area contributed by atoms with Crippen LogP contribution in [0.2, 0.25) is 0 Å². The fourth-order valence-corrected chi connectivity index (χ4v) is 5.85. The number of hydrogen-bond acceptors (Lipinski definition) is 5. The van der Waals surface area contributed by atoms with Gasteiger partial charge in [0.25, 0.3) is 0 Å². The van der Waals surface area contributed by atoms with E-state index in [1.54, 1.807) is 13.3 Å². The van der Waals surface area contributed by atoms with Crippen LogP contribution in [0.5, 0.6) is 0 Å². The zero-order chi connectivity index (χ0) is 28.2. The van der Waals surface area contributed by atoms with Crippen molar-refractivity contribution in [1.82, 2.24) is 20.0 Å². The number of ether oxygens (including phenoxy) is 1. The number of urea groups is 1. The van der Waals surface area contributed by atoms with Crippen molar-refractivity contribution in [3.05, 3.63) is 114 Å². The molecule has 1 aromatic heterocycles. The molecule has 3 aromatic carbocycles. The number of likely N-dealkylation sites (tertiary alicyclic amines) is 1. The van der Waals surface area contributed by atoms with Crippen molar-refractivity contribution in [2.24, 2.45) is 4.99 Å². The molecule has 2 amide bonds. The average molecular weight is 547 g/mol. The van der Waals surface area contributed by atoms with E-state index >= 15 is 0 Å². The molecule has 41 heavy (non-hydrogen) atoms. The first-order valence-electron chi connectivity index (χ1n) is 14.0. The quantitative estimate of drug-likeness (QED) is 0.322. The fraction of sp³-hybridized carbons (Fsp3) is 0.242. The summed E-state index contributed by atoms with van der Waals surface area (Å²) in [6.45, 7) is 3.46. The Morgan fingerprint density at radius 1 is 0.927 bits per heavy atom. The number of nitrogens with zero attached hydrogens (tertiary/aromatic N) is 4. The lowest BCUT2D eigenvalue weighted by Gasteiger charge is -2.28. The normalized spacial score (nSPS) is 20.4. The second-order valence-electron chi connectivity index (χ2n) is 10.4. The zero-order valence-electron chi connectivity index (χ0n) is 23.3. The van der Waals surface area contributed by atoms with Gasteiger partial charge in [-0.25, -0.2) is 14.5 Å². The van der Waals surface area contributed by atoms with E-state index in [1.165, 1.54) is 5.56 Å². The van der Waals surface area contributed by atoms with Crippen molar-refractivity contribution in [2.45, 2.75) is 31.3 Å². The van der Waals surface area contributed by atoms with E-state index in [0.29, 0.717) is 18.3 Å². The summed E-state index contributed by atoms with van der Waals surface area (Å²) in [7, 11) is 1.67. The molecule has 0 spiro atoms. The van der Waals surface area contributed by atoms with Gasteiger partial charge in [0.05, 0.1) is 30.6 Å². The Kier molecular flexibility index (Phi) is 7.65. The van der Waals surface area contributed by atoms with Crippen molar-refractivity contribution < 1.29 is 9.53 Å². The number of benzene rings is 3. The highest BCUT2D eigenvalue weighted by molar-refractivity contribution is 5.91. The third kappa shape index (κ3) is 5.51. The van der Waals surface area contributed by atoms with E-state index < -0.39 is 0 Å². The highest BCUT2D eigenvalue weighted by Gasteiger charge is 2.40. The first-order valence-corrected chi connectivity index (χ1v) is 14.0. The molecule has 1 unspecified atom stereocenters.